The van der Waals surface area contributed by atoms with Crippen molar-refractivity contribution >= 4 is 28.6 Å². The van der Waals surface area contributed by atoms with Gasteiger partial charge in [0.1, 0.15) is 5.60 Å². The van der Waals surface area contributed by atoms with E-state index in [-0.39, 0.29) is 18.4 Å². The lowest BCUT2D eigenvalue weighted by Gasteiger charge is -2.23. The van der Waals surface area contributed by atoms with Crippen LogP contribution in [0.4, 0.5) is 10.5 Å². The van der Waals surface area contributed by atoms with Gasteiger partial charge in [-0.25, -0.2) is 4.79 Å². The molecule has 1 heterocycles. The minimum absolute atomic E-state index is 0.00736. The highest BCUT2D eigenvalue weighted by atomic mass is 16.6. The van der Waals surface area contributed by atoms with E-state index in [1.54, 1.807) is 6.20 Å². The van der Waals surface area contributed by atoms with E-state index in [1.165, 1.54) is 4.57 Å². The summed E-state index contributed by atoms with van der Waals surface area (Å²) in [7, 11) is 0. The van der Waals surface area contributed by atoms with E-state index < -0.39 is 11.7 Å². The van der Waals surface area contributed by atoms with E-state index in [4.69, 9.17) is 4.74 Å². The van der Waals surface area contributed by atoms with Gasteiger partial charge in [0.05, 0.1) is 11.2 Å². The quantitative estimate of drug-likeness (QED) is 0.873. The van der Waals surface area contributed by atoms with Gasteiger partial charge in [0.2, 0.25) is 5.91 Å². The number of carbonyl (C=O) groups excluding carboxylic acids is 2. The third-order valence-corrected chi connectivity index (χ3v) is 4.59. The van der Waals surface area contributed by atoms with Crippen LogP contribution >= 0.6 is 0 Å². The molecule has 0 radical (unpaired) electrons. The normalized spacial score (nSPS) is 14.9. The molecule has 1 aromatic carbocycles. The minimum Gasteiger partial charge on any atom is -0.443 e. The first-order valence-electron chi connectivity index (χ1n) is 9.07. The zero-order chi connectivity index (χ0) is 18.9. The molecule has 2 N–H and O–H groups in total. The van der Waals surface area contributed by atoms with E-state index in [1.807, 2.05) is 39.0 Å². The van der Waals surface area contributed by atoms with Crippen molar-refractivity contribution in [3.63, 3.8) is 0 Å². The number of hydrogen-bond acceptors (Lipinski definition) is 4. The highest BCUT2D eigenvalue weighted by Gasteiger charge is 2.27. The third kappa shape index (κ3) is 3.90. The average Bonchev–Trinajstić information content (AvgIpc) is 2.82. The van der Waals surface area contributed by atoms with Gasteiger partial charge in [0, 0.05) is 24.1 Å². The number of benzene rings is 1. The van der Waals surface area contributed by atoms with Crippen LogP contribution in [0, 0.1) is 5.92 Å². The summed E-state index contributed by atoms with van der Waals surface area (Å²) in [4.78, 5) is 25.0. The molecule has 0 saturated heterocycles. The van der Waals surface area contributed by atoms with Crippen LogP contribution in [0.1, 0.15) is 45.6 Å². The molecule has 0 unspecified atom stereocenters. The van der Waals surface area contributed by atoms with E-state index in [9.17, 15) is 14.7 Å². The number of anilines is 1. The van der Waals surface area contributed by atoms with Gasteiger partial charge >= 0.3 is 6.09 Å². The smallest absolute Gasteiger partial charge is 0.419 e. The molecule has 1 fully saturated rings. The topological polar surface area (TPSA) is 80.6 Å². The first kappa shape index (κ1) is 18.5. The van der Waals surface area contributed by atoms with Gasteiger partial charge in [-0.05, 0) is 57.7 Å². The second-order valence-electron chi connectivity index (χ2n) is 7.84. The molecular formula is C20H26N2O4. The molecule has 140 valence electrons. The SMILES string of the molecule is CC(C)(C)OC(=O)n1cc(NC(=O)C2CCC2)c2cc(CCO)ccc21. The van der Waals surface area contributed by atoms with Crippen LogP contribution in [0.2, 0.25) is 0 Å². The molecule has 26 heavy (non-hydrogen) atoms. The van der Waals surface area contributed by atoms with Crippen molar-refractivity contribution in [2.75, 3.05) is 11.9 Å². The second-order valence-corrected chi connectivity index (χ2v) is 7.84. The van der Waals surface area contributed by atoms with Gasteiger partial charge in [-0.1, -0.05) is 12.5 Å². The maximum Gasteiger partial charge on any atom is 0.419 e. The second kappa shape index (κ2) is 7.11. The standard InChI is InChI=1S/C20H26N2O4/c1-20(2,3)26-19(25)22-12-16(21-18(24)14-5-4-6-14)15-11-13(9-10-23)7-8-17(15)22/h7-8,11-12,14,23H,4-6,9-10H2,1-3H3,(H,21,24). The Balaban J connectivity index is 1.99. The van der Waals surface area contributed by atoms with Crippen molar-refractivity contribution in [3.05, 3.63) is 30.0 Å². The Morgan fingerprint density at radius 3 is 2.62 bits per heavy atom. The molecule has 3 rings (SSSR count). The predicted molar refractivity (Wildman–Crippen MR) is 100 cm³/mol. The molecule has 0 spiro atoms. The number of ether oxygens (including phenoxy) is 1. The van der Waals surface area contributed by atoms with Crippen molar-refractivity contribution in [3.8, 4) is 0 Å². The highest BCUT2D eigenvalue weighted by molar-refractivity contribution is 6.05. The van der Waals surface area contributed by atoms with Crippen LogP contribution in [0.15, 0.2) is 24.4 Å². The van der Waals surface area contributed by atoms with Crippen LogP contribution in [0.3, 0.4) is 0 Å². The van der Waals surface area contributed by atoms with E-state index in [0.717, 1.165) is 30.2 Å². The van der Waals surface area contributed by atoms with Crippen molar-refractivity contribution in [2.45, 2.75) is 52.1 Å². The molecule has 0 bridgehead atoms. The summed E-state index contributed by atoms with van der Waals surface area (Å²) >= 11 is 0. The molecule has 1 amide bonds. The maximum absolute atomic E-state index is 12.6. The zero-order valence-electron chi connectivity index (χ0n) is 15.5. The van der Waals surface area contributed by atoms with E-state index >= 15 is 0 Å². The molecule has 1 aromatic heterocycles. The fraction of sp³-hybridized carbons (Fsp3) is 0.500. The van der Waals surface area contributed by atoms with Crippen LogP contribution < -0.4 is 5.32 Å². The molecule has 0 aliphatic heterocycles. The van der Waals surface area contributed by atoms with Crippen molar-refractivity contribution in [1.82, 2.24) is 4.57 Å². The summed E-state index contributed by atoms with van der Waals surface area (Å²) in [5, 5.41) is 12.9. The van der Waals surface area contributed by atoms with Crippen LogP contribution in [0.25, 0.3) is 10.9 Å². The lowest BCUT2D eigenvalue weighted by atomic mass is 9.85. The zero-order valence-corrected chi connectivity index (χ0v) is 15.5. The monoisotopic (exact) mass is 358 g/mol. The predicted octanol–water partition coefficient (Wildman–Crippen LogP) is 3.70. The van der Waals surface area contributed by atoms with Crippen LogP contribution in [-0.2, 0) is 16.0 Å². The first-order valence-corrected chi connectivity index (χ1v) is 9.07. The summed E-state index contributed by atoms with van der Waals surface area (Å²) in [6, 6.07) is 5.60. The largest absolute Gasteiger partial charge is 0.443 e. The Bertz CT molecular complexity index is 828. The van der Waals surface area contributed by atoms with Crippen molar-refractivity contribution in [1.29, 1.82) is 0 Å². The summed E-state index contributed by atoms with van der Waals surface area (Å²) in [6.07, 6.45) is 4.56. The molecule has 6 heteroatoms. The highest BCUT2D eigenvalue weighted by Crippen LogP contribution is 2.32. The molecule has 2 aromatic rings. The van der Waals surface area contributed by atoms with E-state index in [0.29, 0.717) is 17.6 Å². The fourth-order valence-electron chi connectivity index (χ4n) is 3.03. The number of nitrogens with zero attached hydrogens (tertiary/aromatic N) is 1. The number of aliphatic hydroxyl groups excluding tert-OH is 1. The summed E-state index contributed by atoms with van der Waals surface area (Å²) < 4.78 is 6.91. The number of fused-ring (bicyclic) bond motifs is 1. The Morgan fingerprint density at radius 2 is 2.04 bits per heavy atom. The van der Waals surface area contributed by atoms with Gasteiger partial charge < -0.3 is 15.2 Å². The lowest BCUT2D eigenvalue weighted by molar-refractivity contribution is -0.122. The van der Waals surface area contributed by atoms with Gasteiger partial charge in [0.25, 0.3) is 0 Å². The Labute approximate surface area is 153 Å². The average molecular weight is 358 g/mol. The van der Waals surface area contributed by atoms with Crippen LogP contribution in [-0.4, -0.2) is 33.9 Å². The number of aromatic nitrogens is 1. The molecule has 0 atom stereocenters. The summed E-state index contributed by atoms with van der Waals surface area (Å²) in [5.41, 5.74) is 1.60. The molecule has 6 nitrogen and oxygen atoms in total. The number of amides is 1. The van der Waals surface area contributed by atoms with Crippen molar-refractivity contribution < 1.29 is 19.4 Å². The number of aliphatic hydroxyl groups is 1. The van der Waals surface area contributed by atoms with Crippen molar-refractivity contribution in [2.24, 2.45) is 5.92 Å². The van der Waals surface area contributed by atoms with Gasteiger partial charge in [-0.15, -0.1) is 0 Å². The molecular weight excluding hydrogens is 332 g/mol. The fourth-order valence-corrected chi connectivity index (χ4v) is 3.03. The molecule has 1 aliphatic rings. The Hall–Kier alpha value is -2.34. The van der Waals surface area contributed by atoms with Gasteiger partial charge in [-0.3, -0.25) is 9.36 Å². The number of rotatable bonds is 4. The number of nitrogens with one attached hydrogen (secondary N) is 1. The van der Waals surface area contributed by atoms with Gasteiger partial charge in [-0.2, -0.15) is 0 Å². The first-order chi connectivity index (χ1) is 12.3. The number of hydrogen-bond donors (Lipinski definition) is 2. The summed E-state index contributed by atoms with van der Waals surface area (Å²) in [6.45, 7) is 5.49. The maximum atomic E-state index is 12.6. The molecule has 1 saturated carbocycles. The third-order valence-electron chi connectivity index (χ3n) is 4.59. The van der Waals surface area contributed by atoms with Gasteiger partial charge in [0.15, 0.2) is 0 Å². The summed E-state index contributed by atoms with van der Waals surface area (Å²) in [5.74, 6) is 0.0441. The van der Waals surface area contributed by atoms with Crippen LogP contribution in [0.5, 0.6) is 0 Å². The van der Waals surface area contributed by atoms with E-state index in [2.05, 4.69) is 5.32 Å². The Morgan fingerprint density at radius 1 is 1.31 bits per heavy atom. The number of carbonyl (C=O) groups is 2. The molecule has 1 aliphatic carbocycles. The lowest BCUT2D eigenvalue weighted by Crippen LogP contribution is -2.28. The Kier molecular flexibility index (Phi) is 5.05. The minimum atomic E-state index is -0.611.